The Hall–Kier alpha value is -1.12. The van der Waals surface area contributed by atoms with Crippen LogP contribution in [-0.2, 0) is 6.42 Å². The molecule has 0 saturated carbocycles. The third kappa shape index (κ3) is 2.35. The van der Waals surface area contributed by atoms with E-state index in [0.29, 0.717) is 5.92 Å². The zero-order chi connectivity index (χ0) is 13.4. The van der Waals surface area contributed by atoms with Crippen molar-refractivity contribution < 1.29 is 0 Å². The Balaban J connectivity index is 1.77. The lowest BCUT2D eigenvalue weighted by molar-refractivity contribution is 0.497. The molecule has 0 aromatic heterocycles. The topological polar surface area (TPSA) is 26.0 Å². The van der Waals surface area contributed by atoms with Crippen molar-refractivity contribution in [3.8, 4) is 0 Å². The highest BCUT2D eigenvalue weighted by atomic mass is 79.9. The fourth-order valence-corrected chi connectivity index (χ4v) is 3.41. The maximum Gasteiger partial charge on any atom is 0.0303 e. The van der Waals surface area contributed by atoms with E-state index < -0.39 is 0 Å². The monoisotopic (exact) mass is 315 g/mol. The fourth-order valence-electron chi connectivity index (χ4n) is 3.03. The highest BCUT2D eigenvalue weighted by Crippen LogP contribution is 2.40. The van der Waals surface area contributed by atoms with Gasteiger partial charge in [-0.1, -0.05) is 52.3 Å². The minimum atomic E-state index is 0.121. The van der Waals surface area contributed by atoms with Gasteiger partial charge in [-0.25, -0.2) is 0 Å². The van der Waals surface area contributed by atoms with Crippen LogP contribution in [0.1, 0.15) is 40.6 Å². The van der Waals surface area contributed by atoms with Crippen LogP contribution in [0.2, 0.25) is 0 Å². The molecule has 0 saturated heterocycles. The molecule has 0 fully saturated rings. The number of halogens is 1. The van der Waals surface area contributed by atoms with Gasteiger partial charge in [0.15, 0.2) is 0 Å². The van der Waals surface area contributed by atoms with Crippen LogP contribution in [-0.4, -0.2) is 0 Å². The first kappa shape index (κ1) is 12.9. The molecule has 0 spiro atoms. The van der Waals surface area contributed by atoms with Gasteiger partial charge in [0.05, 0.1) is 0 Å². The second-order valence-corrected chi connectivity index (χ2v) is 6.25. The molecule has 19 heavy (non-hydrogen) atoms. The average molecular weight is 316 g/mol. The third-order valence-electron chi connectivity index (χ3n) is 4.21. The lowest BCUT2D eigenvalue weighted by Gasteiger charge is -2.32. The summed E-state index contributed by atoms with van der Waals surface area (Å²) in [5, 5.41) is 0. The van der Waals surface area contributed by atoms with Gasteiger partial charge in [0.1, 0.15) is 0 Å². The van der Waals surface area contributed by atoms with E-state index >= 15 is 0 Å². The normalized spacial score (nSPS) is 18.6. The second kappa shape index (κ2) is 5.10. The van der Waals surface area contributed by atoms with Crippen molar-refractivity contribution in [1.82, 2.24) is 0 Å². The molecule has 1 aliphatic rings. The molecular formula is C17H18BrN. The van der Waals surface area contributed by atoms with Crippen molar-refractivity contribution in [2.24, 2.45) is 5.73 Å². The van der Waals surface area contributed by atoms with E-state index in [1.54, 1.807) is 0 Å². The maximum atomic E-state index is 6.41. The van der Waals surface area contributed by atoms with Gasteiger partial charge >= 0.3 is 0 Å². The lowest BCUT2D eigenvalue weighted by atomic mass is 9.73. The Kier molecular flexibility index (Phi) is 3.46. The molecule has 1 nitrogen and oxygen atoms in total. The van der Waals surface area contributed by atoms with Gasteiger partial charge in [0.25, 0.3) is 0 Å². The van der Waals surface area contributed by atoms with Gasteiger partial charge in [-0.15, -0.1) is 0 Å². The summed E-state index contributed by atoms with van der Waals surface area (Å²) >= 11 is 3.58. The number of fused-ring (bicyclic) bond motifs is 1. The van der Waals surface area contributed by atoms with E-state index in [1.165, 1.54) is 28.7 Å². The minimum absolute atomic E-state index is 0.121. The molecular weight excluding hydrogens is 298 g/mol. The van der Waals surface area contributed by atoms with Crippen LogP contribution in [0, 0.1) is 6.92 Å². The highest BCUT2D eigenvalue weighted by molar-refractivity contribution is 9.10. The van der Waals surface area contributed by atoms with Gasteiger partial charge in [0.2, 0.25) is 0 Å². The lowest BCUT2D eigenvalue weighted by Crippen LogP contribution is -2.23. The number of hydrogen-bond acceptors (Lipinski definition) is 1. The molecule has 98 valence electrons. The Bertz CT molecular complexity index is 606. The summed E-state index contributed by atoms with van der Waals surface area (Å²) in [5.41, 5.74) is 11.9. The first-order valence-corrected chi connectivity index (χ1v) is 7.54. The van der Waals surface area contributed by atoms with Crippen molar-refractivity contribution in [3.63, 3.8) is 0 Å². The smallest absolute Gasteiger partial charge is 0.0303 e. The molecule has 0 radical (unpaired) electrons. The third-order valence-corrected chi connectivity index (χ3v) is 5.07. The van der Waals surface area contributed by atoms with Crippen molar-refractivity contribution in [1.29, 1.82) is 0 Å². The van der Waals surface area contributed by atoms with E-state index in [2.05, 4.69) is 65.3 Å². The summed E-state index contributed by atoms with van der Waals surface area (Å²) < 4.78 is 1.15. The fraction of sp³-hybridized carbons (Fsp3) is 0.294. The predicted octanol–water partition coefficient (Wildman–Crippen LogP) is 4.49. The van der Waals surface area contributed by atoms with Crippen LogP contribution in [0.4, 0.5) is 0 Å². The van der Waals surface area contributed by atoms with E-state index in [9.17, 15) is 0 Å². The standard InChI is InChI=1S/C17H18BrN/c1-11-14(7-4-8-16(11)18)17(19)10-13-9-12-5-2-3-6-15(12)13/h2-8,13,17H,9-10,19H2,1H3. The van der Waals surface area contributed by atoms with Gasteiger partial charge in [-0.3, -0.25) is 0 Å². The zero-order valence-corrected chi connectivity index (χ0v) is 12.7. The Labute approximate surface area is 123 Å². The Morgan fingerprint density at radius 1 is 1.21 bits per heavy atom. The molecule has 0 bridgehead atoms. The second-order valence-electron chi connectivity index (χ2n) is 5.40. The van der Waals surface area contributed by atoms with E-state index in [-0.39, 0.29) is 6.04 Å². The molecule has 0 amide bonds. The summed E-state index contributed by atoms with van der Waals surface area (Å²) in [6.07, 6.45) is 2.21. The molecule has 2 N–H and O–H groups in total. The number of rotatable bonds is 3. The molecule has 1 aliphatic carbocycles. The predicted molar refractivity (Wildman–Crippen MR) is 83.3 cm³/mol. The summed E-state index contributed by atoms with van der Waals surface area (Å²) in [4.78, 5) is 0. The quantitative estimate of drug-likeness (QED) is 0.887. The molecule has 2 atom stereocenters. The highest BCUT2D eigenvalue weighted by Gasteiger charge is 2.27. The Morgan fingerprint density at radius 3 is 2.79 bits per heavy atom. The number of hydrogen-bond donors (Lipinski definition) is 1. The van der Waals surface area contributed by atoms with Gasteiger partial charge < -0.3 is 5.73 Å². The van der Waals surface area contributed by atoms with Crippen LogP contribution in [0.3, 0.4) is 0 Å². The van der Waals surface area contributed by atoms with Crippen LogP contribution in [0.5, 0.6) is 0 Å². The zero-order valence-electron chi connectivity index (χ0n) is 11.1. The SMILES string of the molecule is Cc1c(Br)cccc1C(N)CC1Cc2ccccc21. The van der Waals surface area contributed by atoms with E-state index in [0.717, 1.165) is 10.9 Å². The number of benzene rings is 2. The van der Waals surface area contributed by atoms with Crippen LogP contribution < -0.4 is 5.73 Å². The average Bonchev–Trinajstić information content (AvgIpc) is 2.39. The van der Waals surface area contributed by atoms with Crippen molar-refractivity contribution in [2.45, 2.75) is 31.7 Å². The first-order valence-electron chi connectivity index (χ1n) is 6.75. The van der Waals surface area contributed by atoms with Gasteiger partial charge in [0, 0.05) is 10.5 Å². The molecule has 2 aromatic rings. The first-order chi connectivity index (χ1) is 9.16. The minimum Gasteiger partial charge on any atom is -0.324 e. The maximum absolute atomic E-state index is 6.41. The van der Waals surface area contributed by atoms with E-state index in [4.69, 9.17) is 5.73 Å². The summed E-state index contributed by atoms with van der Waals surface area (Å²) in [6, 6.07) is 15.1. The van der Waals surface area contributed by atoms with Crippen LogP contribution in [0.25, 0.3) is 0 Å². The van der Waals surface area contributed by atoms with Crippen LogP contribution >= 0.6 is 15.9 Å². The summed E-state index contributed by atoms with van der Waals surface area (Å²) in [5.74, 6) is 0.629. The summed E-state index contributed by atoms with van der Waals surface area (Å²) in [7, 11) is 0. The van der Waals surface area contributed by atoms with Gasteiger partial charge in [-0.2, -0.15) is 0 Å². The van der Waals surface area contributed by atoms with E-state index in [1.807, 2.05) is 0 Å². The largest absolute Gasteiger partial charge is 0.324 e. The number of nitrogens with two attached hydrogens (primary N) is 1. The summed E-state index contributed by atoms with van der Waals surface area (Å²) in [6.45, 7) is 2.13. The van der Waals surface area contributed by atoms with Crippen molar-refractivity contribution >= 4 is 15.9 Å². The molecule has 2 aromatic carbocycles. The molecule has 0 heterocycles. The van der Waals surface area contributed by atoms with Crippen molar-refractivity contribution in [2.75, 3.05) is 0 Å². The Morgan fingerprint density at radius 2 is 2.00 bits per heavy atom. The molecule has 0 aliphatic heterocycles. The molecule has 2 unspecified atom stereocenters. The molecule has 3 rings (SSSR count). The molecule has 2 heteroatoms. The van der Waals surface area contributed by atoms with Gasteiger partial charge in [-0.05, 0) is 54.0 Å². The van der Waals surface area contributed by atoms with Crippen molar-refractivity contribution in [3.05, 3.63) is 69.2 Å². The van der Waals surface area contributed by atoms with Crippen LogP contribution in [0.15, 0.2) is 46.9 Å².